The molecule has 1 fully saturated rings. The Morgan fingerprint density at radius 1 is 1.10 bits per heavy atom. The summed E-state index contributed by atoms with van der Waals surface area (Å²) in [5.74, 6) is 1.50. The van der Waals surface area contributed by atoms with Crippen LogP contribution in [-0.2, 0) is 11.3 Å². The molecule has 3 rings (SSSR count). The van der Waals surface area contributed by atoms with Crippen LogP contribution in [0, 0.1) is 11.8 Å². The van der Waals surface area contributed by atoms with Crippen LogP contribution in [0.2, 0.25) is 0 Å². The molecule has 0 radical (unpaired) electrons. The molecule has 0 N–H and O–H groups in total. The second-order valence-electron chi connectivity index (χ2n) is 9.07. The van der Waals surface area contributed by atoms with Crippen molar-refractivity contribution in [3.05, 3.63) is 35.9 Å². The summed E-state index contributed by atoms with van der Waals surface area (Å²) in [7, 11) is 2.14. The second-order valence-corrected chi connectivity index (χ2v) is 9.07. The molecule has 6 heteroatoms. The number of carbonyl (C=O) groups is 1. The van der Waals surface area contributed by atoms with Gasteiger partial charge in [0.15, 0.2) is 0 Å². The van der Waals surface area contributed by atoms with E-state index < -0.39 is 0 Å². The number of anilines is 1. The van der Waals surface area contributed by atoms with Crippen molar-refractivity contribution in [2.75, 3.05) is 44.7 Å². The monoisotopic (exact) mass is 412 g/mol. The summed E-state index contributed by atoms with van der Waals surface area (Å²) in [5, 5.41) is 4.46. The predicted octanol–water partition coefficient (Wildman–Crippen LogP) is 4.12. The summed E-state index contributed by atoms with van der Waals surface area (Å²) in [5.41, 5.74) is 2.89. The van der Waals surface area contributed by atoms with E-state index in [-0.39, 0.29) is 11.8 Å². The third-order valence-corrected chi connectivity index (χ3v) is 5.74. The van der Waals surface area contributed by atoms with Gasteiger partial charge in [-0.05, 0) is 19.4 Å². The number of benzene rings is 1. The SMILES string of the molecule is CC(C)CCN(Cc1c(-c2ccccc2)noc1N1CCN(C)CC1)C(=O)C(C)C. The fourth-order valence-electron chi connectivity index (χ4n) is 3.76. The maximum absolute atomic E-state index is 13.0. The minimum Gasteiger partial charge on any atom is -0.338 e. The number of carbonyl (C=O) groups excluding carboxylic acids is 1. The molecule has 1 aromatic carbocycles. The van der Waals surface area contributed by atoms with Gasteiger partial charge in [0, 0.05) is 44.2 Å². The Morgan fingerprint density at radius 2 is 1.77 bits per heavy atom. The zero-order valence-corrected chi connectivity index (χ0v) is 19.1. The van der Waals surface area contributed by atoms with Gasteiger partial charge in [0.1, 0.15) is 5.69 Å². The van der Waals surface area contributed by atoms with E-state index in [2.05, 4.69) is 48.0 Å². The summed E-state index contributed by atoms with van der Waals surface area (Å²) in [6.45, 7) is 13.4. The Hall–Kier alpha value is -2.34. The molecule has 0 saturated carbocycles. The Bertz CT molecular complexity index is 808. The van der Waals surface area contributed by atoms with Crippen molar-refractivity contribution in [2.24, 2.45) is 11.8 Å². The molecule has 0 unspecified atom stereocenters. The molecule has 2 heterocycles. The quantitative estimate of drug-likeness (QED) is 0.653. The Morgan fingerprint density at radius 3 is 2.37 bits per heavy atom. The third kappa shape index (κ3) is 5.42. The number of aromatic nitrogens is 1. The highest BCUT2D eigenvalue weighted by molar-refractivity contribution is 5.79. The van der Waals surface area contributed by atoms with Gasteiger partial charge in [-0.1, -0.05) is 63.2 Å². The molecule has 0 atom stereocenters. The van der Waals surface area contributed by atoms with E-state index in [4.69, 9.17) is 4.52 Å². The molecule has 1 amide bonds. The maximum Gasteiger partial charge on any atom is 0.232 e. The van der Waals surface area contributed by atoms with Crippen molar-refractivity contribution in [1.29, 1.82) is 0 Å². The fourth-order valence-corrected chi connectivity index (χ4v) is 3.76. The van der Waals surface area contributed by atoms with Crippen LogP contribution in [0.25, 0.3) is 11.3 Å². The summed E-state index contributed by atoms with van der Waals surface area (Å²) in [6.07, 6.45) is 0.980. The molecule has 30 heavy (non-hydrogen) atoms. The standard InChI is InChI=1S/C24H36N4O2/c1-18(2)11-12-28(23(29)19(3)4)17-21-22(20-9-7-6-8-10-20)25-30-24(21)27-15-13-26(5)14-16-27/h6-10,18-19H,11-17H2,1-5H3. The molecule has 1 aromatic heterocycles. The number of likely N-dealkylation sites (N-methyl/N-ethyl adjacent to an activating group) is 1. The normalized spacial score (nSPS) is 15.2. The molecular weight excluding hydrogens is 376 g/mol. The van der Waals surface area contributed by atoms with E-state index in [9.17, 15) is 4.79 Å². The van der Waals surface area contributed by atoms with Gasteiger partial charge in [-0.2, -0.15) is 0 Å². The van der Waals surface area contributed by atoms with Crippen LogP contribution in [0.5, 0.6) is 0 Å². The number of amides is 1. The number of hydrogen-bond acceptors (Lipinski definition) is 5. The van der Waals surface area contributed by atoms with Gasteiger partial charge >= 0.3 is 0 Å². The minimum absolute atomic E-state index is 0.0377. The van der Waals surface area contributed by atoms with Crippen LogP contribution in [0.1, 0.15) is 39.7 Å². The van der Waals surface area contributed by atoms with Crippen molar-refractivity contribution < 1.29 is 9.32 Å². The zero-order valence-electron chi connectivity index (χ0n) is 19.1. The van der Waals surface area contributed by atoms with E-state index in [0.29, 0.717) is 12.5 Å². The molecular formula is C24H36N4O2. The lowest BCUT2D eigenvalue weighted by atomic mass is 10.0. The Balaban J connectivity index is 1.96. The van der Waals surface area contributed by atoms with Crippen molar-refractivity contribution >= 4 is 11.8 Å². The van der Waals surface area contributed by atoms with Gasteiger partial charge in [0.25, 0.3) is 0 Å². The lowest BCUT2D eigenvalue weighted by Gasteiger charge is -2.33. The number of piperazine rings is 1. The summed E-state index contributed by atoms with van der Waals surface area (Å²) >= 11 is 0. The first-order valence-corrected chi connectivity index (χ1v) is 11.1. The molecule has 0 aliphatic carbocycles. The van der Waals surface area contributed by atoms with Gasteiger partial charge in [-0.25, -0.2) is 0 Å². The van der Waals surface area contributed by atoms with E-state index in [1.165, 1.54) is 0 Å². The summed E-state index contributed by atoms with van der Waals surface area (Å²) in [4.78, 5) is 19.6. The van der Waals surface area contributed by atoms with Gasteiger partial charge in [0.2, 0.25) is 11.8 Å². The van der Waals surface area contributed by atoms with Crippen LogP contribution in [0.3, 0.4) is 0 Å². The summed E-state index contributed by atoms with van der Waals surface area (Å²) < 4.78 is 5.91. The Labute approximate surface area is 180 Å². The largest absolute Gasteiger partial charge is 0.338 e. The molecule has 1 aliphatic rings. The average molecular weight is 413 g/mol. The highest BCUT2D eigenvalue weighted by Gasteiger charge is 2.28. The van der Waals surface area contributed by atoms with Gasteiger partial charge in [-0.3, -0.25) is 4.79 Å². The maximum atomic E-state index is 13.0. The predicted molar refractivity (Wildman–Crippen MR) is 121 cm³/mol. The smallest absolute Gasteiger partial charge is 0.232 e. The molecule has 1 saturated heterocycles. The van der Waals surface area contributed by atoms with E-state index in [0.717, 1.165) is 61.8 Å². The number of nitrogens with zero attached hydrogens (tertiary/aromatic N) is 4. The van der Waals surface area contributed by atoms with Crippen molar-refractivity contribution in [1.82, 2.24) is 15.0 Å². The lowest BCUT2D eigenvalue weighted by molar-refractivity contribution is -0.135. The molecule has 1 aliphatic heterocycles. The topological polar surface area (TPSA) is 52.8 Å². The van der Waals surface area contributed by atoms with Gasteiger partial charge in [0.05, 0.1) is 12.1 Å². The van der Waals surface area contributed by atoms with E-state index in [1.807, 2.05) is 36.9 Å². The fraction of sp³-hybridized carbons (Fsp3) is 0.583. The first kappa shape index (κ1) is 22.3. The molecule has 2 aromatic rings. The van der Waals surface area contributed by atoms with E-state index >= 15 is 0 Å². The average Bonchev–Trinajstić information content (AvgIpc) is 3.15. The zero-order chi connectivity index (χ0) is 21.7. The summed E-state index contributed by atoms with van der Waals surface area (Å²) in [6, 6.07) is 10.1. The number of rotatable bonds is 8. The van der Waals surface area contributed by atoms with Crippen LogP contribution in [0.15, 0.2) is 34.9 Å². The van der Waals surface area contributed by atoms with Crippen LogP contribution in [-0.4, -0.2) is 60.6 Å². The third-order valence-electron chi connectivity index (χ3n) is 5.74. The van der Waals surface area contributed by atoms with E-state index in [1.54, 1.807) is 0 Å². The minimum atomic E-state index is -0.0377. The molecule has 0 spiro atoms. The van der Waals surface area contributed by atoms with Gasteiger partial charge in [-0.15, -0.1) is 0 Å². The van der Waals surface area contributed by atoms with Crippen LogP contribution in [0.4, 0.5) is 5.88 Å². The van der Waals surface area contributed by atoms with Crippen LogP contribution < -0.4 is 4.90 Å². The van der Waals surface area contributed by atoms with Crippen molar-refractivity contribution in [2.45, 2.75) is 40.7 Å². The van der Waals surface area contributed by atoms with Gasteiger partial charge < -0.3 is 19.2 Å². The second kappa shape index (κ2) is 10.1. The number of hydrogen-bond donors (Lipinski definition) is 0. The van der Waals surface area contributed by atoms with Crippen LogP contribution >= 0.6 is 0 Å². The highest BCUT2D eigenvalue weighted by Crippen LogP contribution is 2.33. The lowest BCUT2D eigenvalue weighted by Crippen LogP contribution is -2.45. The van der Waals surface area contributed by atoms with Crippen molar-refractivity contribution in [3.63, 3.8) is 0 Å². The van der Waals surface area contributed by atoms with Crippen molar-refractivity contribution in [3.8, 4) is 11.3 Å². The Kier molecular flexibility index (Phi) is 7.53. The molecule has 0 bridgehead atoms. The molecule has 6 nitrogen and oxygen atoms in total. The molecule has 164 valence electrons. The first-order valence-electron chi connectivity index (χ1n) is 11.1. The highest BCUT2D eigenvalue weighted by atomic mass is 16.5. The first-order chi connectivity index (χ1) is 14.4.